The highest BCUT2D eigenvalue weighted by atomic mass is 16.5. The Hall–Kier alpha value is -0.650. The molecule has 0 aromatic rings. The minimum atomic E-state index is -0.662. The number of aliphatic hydroxyl groups excluding tert-OH is 1. The van der Waals surface area contributed by atoms with Crippen LogP contribution in [0.1, 0.15) is 20.3 Å². The lowest BCUT2D eigenvalue weighted by atomic mass is 10.1. The van der Waals surface area contributed by atoms with Gasteiger partial charge in [-0.1, -0.05) is 0 Å². The van der Waals surface area contributed by atoms with E-state index in [0.29, 0.717) is 0 Å². The van der Waals surface area contributed by atoms with Crippen LogP contribution in [0.15, 0.2) is 0 Å². The van der Waals surface area contributed by atoms with Crippen molar-refractivity contribution in [1.29, 1.82) is 0 Å². The Bertz CT molecular complexity index is 194. The molecule has 5 heteroatoms. The number of carbonyl (C=O) groups excluding carboxylic acids is 1. The summed E-state index contributed by atoms with van der Waals surface area (Å²) in [5.41, 5.74) is -0.476. The number of hydrogen-bond acceptors (Lipinski definition) is 4. The van der Waals surface area contributed by atoms with Crippen LogP contribution < -0.4 is 5.32 Å². The molecule has 0 fully saturated rings. The fourth-order valence-electron chi connectivity index (χ4n) is 1.00. The van der Waals surface area contributed by atoms with Gasteiger partial charge in [-0.25, -0.2) is 0 Å². The predicted octanol–water partition coefficient (Wildman–Crippen LogP) is -0.0750. The summed E-state index contributed by atoms with van der Waals surface area (Å²) in [6, 6.07) is 0. The fourth-order valence-corrected chi connectivity index (χ4v) is 1.00. The summed E-state index contributed by atoms with van der Waals surface area (Å²) in [5, 5.41) is 11.9. The maximum Gasteiger partial charge on any atom is 0.222 e. The van der Waals surface area contributed by atoms with Crippen LogP contribution in [0.5, 0.6) is 0 Å². The van der Waals surface area contributed by atoms with Gasteiger partial charge in [-0.15, -0.1) is 0 Å². The zero-order chi connectivity index (χ0) is 11.9. The molecule has 0 aliphatic carbocycles. The summed E-state index contributed by atoms with van der Waals surface area (Å²) in [7, 11) is 3.06. The molecule has 2 N–H and O–H groups in total. The first-order valence-corrected chi connectivity index (χ1v) is 4.90. The summed E-state index contributed by atoms with van der Waals surface area (Å²) in [4.78, 5) is 11.4. The molecule has 5 nitrogen and oxygen atoms in total. The molecule has 0 aliphatic rings. The van der Waals surface area contributed by atoms with E-state index in [4.69, 9.17) is 9.47 Å². The van der Waals surface area contributed by atoms with Crippen LogP contribution in [-0.4, -0.2) is 50.1 Å². The fraction of sp³-hybridized carbons (Fsp3) is 0.900. The number of rotatable bonds is 7. The van der Waals surface area contributed by atoms with E-state index >= 15 is 0 Å². The highest BCUT2D eigenvalue weighted by Crippen LogP contribution is 2.11. The van der Waals surface area contributed by atoms with E-state index in [1.54, 1.807) is 7.11 Å². The third kappa shape index (κ3) is 7.30. The van der Waals surface area contributed by atoms with Crippen LogP contribution in [0.2, 0.25) is 0 Å². The lowest BCUT2D eigenvalue weighted by Crippen LogP contribution is -2.38. The van der Waals surface area contributed by atoms with Crippen LogP contribution in [0, 0.1) is 0 Å². The van der Waals surface area contributed by atoms with Gasteiger partial charge in [0.25, 0.3) is 0 Å². The summed E-state index contributed by atoms with van der Waals surface area (Å²) >= 11 is 0. The number of aliphatic hydroxyl groups is 1. The number of hydrogen-bond donors (Lipinski definition) is 2. The van der Waals surface area contributed by atoms with Crippen molar-refractivity contribution in [2.45, 2.75) is 32.0 Å². The van der Waals surface area contributed by atoms with Crippen molar-refractivity contribution in [1.82, 2.24) is 5.32 Å². The molecule has 0 aliphatic heterocycles. The van der Waals surface area contributed by atoms with Crippen molar-refractivity contribution in [3.05, 3.63) is 0 Å². The molecule has 0 spiro atoms. The number of methoxy groups -OCH3 is 2. The van der Waals surface area contributed by atoms with Gasteiger partial charge in [0.2, 0.25) is 5.91 Å². The van der Waals surface area contributed by atoms with Gasteiger partial charge in [-0.2, -0.15) is 0 Å². The molecule has 0 aromatic carbocycles. The Morgan fingerprint density at radius 2 is 2.07 bits per heavy atom. The van der Waals surface area contributed by atoms with Gasteiger partial charge in [-0.05, 0) is 13.8 Å². The van der Waals surface area contributed by atoms with Crippen molar-refractivity contribution >= 4 is 5.91 Å². The van der Waals surface area contributed by atoms with E-state index in [1.807, 2.05) is 13.8 Å². The zero-order valence-corrected chi connectivity index (χ0v) is 9.87. The molecule has 0 rings (SSSR count). The predicted molar refractivity (Wildman–Crippen MR) is 56.6 cm³/mol. The second-order valence-corrected chi connectivity index (χ2v) is 4.05. The minimum absolute atomic E-state index is 0.142. The van der Waals surface area contributed by atoms with Gasteiger partial charge >= 0.3 is 0 Å². The third-order valence-electron chi connectivity index (χ3n) is 2.03. The highest BCUT2D eigenvalue weighted by Gasteiger charge is 2.21. The first-order valence-electron chi connectivity index (χ1n) is 4.90. The maximum atomic E-state index is 11.4. The Morgan fingerprint density at radius 3 is 2.53 bits per heavy atom. The Morgan fingerprint density at radius 1 is 1.47 bits per heavy atom. The van der Waals surface area contributed by atoms with Gasteiger partial charge in [0.05, 0.1) is 24.7 Å². The van der Waals surface area contributed by atoms with Crippen molar-refractivity contribution in [2.75, 3.05) is 27.4 Å². The summed E-state index contributed by atoms with van der Waals surface area (Å²) in [6.07, 6.45) is -0.395. The normalized spacial score (nSPS) is 13.7. The van der Waals surface area contributed by atoms with E-state index in [0.717, 1.165) is 0 Å². The maximum absolute atomic E-state index is 11.4. The Labute approximate surface area is 90.8 Å². The number of nitrogens with one attached hydrogen (secondary N) is 1. The van der Waals surface area contributed by atoms with E-state index in [9.17, 15) is 9.90 Å². The van der Waals surface area contributed by atoms with Gasteiger partial charge in [0, 0.05) is 20.8 Å². The molecule has 90 valence electrons. The van der Waals surface area contributed by atoms with Crippen LogP contribution in [0.4, 0.5) is 0 Å². The molecule has 0 heterocycles. The zero-order valence-electron chi connectivity index (χ0n) is 9.87. The van der Waals surface area contributed by atoms with Crippen molar-refractivity contribution in [3.8, 4) is 0 Å². The van der Waals surface area contributed by atoms with Gasteiger partial charge in [-0.3, -0.25) is 4.79 Å². The summed E-state index contributed by atoms with van der Waals surface area (Å²) in [5.74, 6) is -0.142. The van der Waals surface area contributed by atoms with E-state index in [2.05, 4.69) is 5.32 Å². The smallest absolute Gasteiger partial charge is 0.222 e. The molecule has 0 aromatic heterocycles. The van der Waals surface area contributed by atoms with Crippen molar-refractivity contribution in [3.63, 3.8) is 0 Å². The topological polar surface area (TPSA) is 67.8 Å². The molecule has 15 heavy (non-hydrogen) atoms. The molecular formula is C10H21NO4. The first kappa shape index (κ1) is 14.3. The number of amides is 1. The van der Waals surface area contributed by atoms with E-state index in [-0.39, 0.29) is 25.5 Å². The average Bonchev–Trinajstić information content (AvgIpc) is 2.15. The molecule has 0 radical (unpaired) electrons. The highest BCUT2D eigenvalue weighted by molar-refractivity contribution is 5.76. The third-order valence-corrected chi connectivity index (χ3v) is 2.03. The monoisotopic (exact) mass is 219 g/mol. The average molecular weight is 219 g/mol. The van der Waals surface area contributed by atoms with Crippen LogP contribution in [0.3, 0.4) is 0 Å². The van der Waals surface area contributed by atoms with Gasteiger partial charge in [0.1, 0.15) is 0 Å². The quantitative estimate of drug-likeness (QED) is 0.628. The van der Waals surface area contributed by atoms with E-state index in [1.165, 1.54) is 7.11 Å². The second kappa shape index (κ2) is 6.76. The largest absolute Gasteiger partial charge is 0.389 e. The lowest BCUT2D eigenvalue weighted by molar-refractivity contribution is -0.126. The second-order valence-electron chi connectivity index (χ2n) is 4.05. The Balaban J connectivity index is 3.75. The summed E-state index contributed by atoms with van der Waals surface area (Å²) in [6.45, 7) is 4.08. The first-order chi connectivity index (χ1) is 6.91. The standard InChI is InChI=1S/C10H21NO4/c1-10(2,15-4)5-9(13)11-6-8(12)7-14-3/h8,12H,5-7H2,1-4H3,(H,11,13). The molecule has 0 saturated heterocycles. The lowest BCUT2D eigenvalue weighted by Gasteiger charge is -2.22. The van der Waals surface area contributed by atoms with Crippen molar-refractivity contribution in [2.24, 2.45) is 0 Å². The van der Waals surface area contributed by atoms with E-state index < -0.39 is 11.7 Å². The van der Waals surface area contributed by atoms with Crippen LogP contribution in [-0.2, 0) is 14.3 Å². The van der Waals surface area contributed by atoms with Gasteiger partial charge in [0.15, 0.2) is 0 Å². The van der Waals surface area contributed by atoms with Crippen LogP contribution in [0.25, 0.3) is 0 Å². The van der Waals surface area contributed by atoms with Crippen molar-refractivity contribution < 1.29 is 19.4 Å². The minimum Gasteiger partial charge on any atom is -0.389 e. The summed E-state index contributed by atoms with van der Waals surface area (Å²) < 4.78 is 9.85. The molecule has 0 bridgehead atoms. The molecule has 1 unspecified atom stereocenters. The molecule has 1 amide bonds. The van der Waals surface area contributed by atoms with Crippen LogP contribution >= 0.6 is 0 Å². The Kier molecular flexibility index (Phi) is 6.47. The SMILES string of the molecule is COCC(O)CNC(=O)CC(C)(C)OC. The number of ether oxygens (including phenoxy) is 2. The molecular weight excluding hydrogens is 198 g/mol. The van der Waals surface area contributed by atoms with Gasteiger partial charge < -0.3 is 19.9 Å². The molecule has 0 saturated carbocycles. The molecule has 1 atom stereocenters. The number of carbonyl (C=O) groups is 1.